The number of hydrogen-bond acceptors (Lipinski definition) is 4. The molecule has 3 heterocycles. The van der Waals surface area contributed by atoms with Crippen molar-refractivity contribution < 1.29 is 4.79 Å². The Hall–Kier alpha value is -0.650. The van der Waals surface area contributed by atoms with Crippen LogP contribution >= 0.6 is 0 Å². The summed E-state index contributed by atoms with van der Waals surface area (Å²) in [6.07, 6.45) is 4.42. The molecule has 0 spiro atoms. The molecular weight excluding hydrogens is 240 g/mol. The molecule has 5 heteroatoms. The molecule has 108 valence electrons. The van der Waals surface area contributed by atoms with E-state index in [2.05, 4.69) is 27.3 Å². The molecule has 0 aromatic heterocycles. The number of carbonyl (C=O) groups excluding carboxylic acids is 1. The fraction of sp³-hybridized carbons (Fsp3) is 0.929. The highest BCUT2D eigenvalue weighted by atomic mass is 16.2. The van der Waals surface area contributed by atoms with Crippen LogP contribution in [0.5, 0.6) is 0 Å². The molecule has 0 aromatic rings. The first kappa shape index (κ1) is 13.3. The number of piperazine rings is 1. The third-order valence-corrected chi connectivity index (χ3v) is 5.08. The summed E-state index contributed by atoms with van der Waals surface area (Å²) in [7, 11) is 4.14. The number of likely N-dealkylation sites (N-methyl/N-ethyl adjacent to an activating group) is 1. The van der Waals surface area contributed by atoms with Crippen molar-refractivity contribution in [3.05, 3.63) is 0 Å². The Labute approximate surface area is 115 Å². The van der Waals surface area contributed by atoms with Gasteiger partial charge in [-0.15, -0.1) is 0 Å². The molecule has 2 bridgehead atoms. The van der Waals surface area contributed by atoms with Gasteiger partial charge in [-0.05, 0) is 39.8 Å². The van der Waals surface area contributed by atoms with Crippen molar-refractivity contribution in [3.8, 4) is 0 Å². The summed E-state index contributed by atoms with van der Waals surface area (Å²) in [5.41, 5.74) is 3.18. The van der Waals surface area contributed by atoms with Gasteiger partial charge in [-0.1, -0.05) is 0 Å². The van der Waals surface area contributed by atoms with Crippen LogP contribution in [0.1, 0.15) is 25.7 Å². The Morgan fingerprint density at radius 3 is 2.16 bits per heavy atom. The highest BCUT2D eigenvalue weighted by Crippen LogP contribution is 2.32. The number of piperidine rings is 1. The van der Waals surface area contributed by atoms with E-state index in [-0.39, 0.29) is 5.92 Å². The second-order valence-corrected chi connectivity index (χ2v) is 6.34. The van der Waals surface area contributed by atoms with Crippen LogP contribution in [0.25, 0.3) is 0 Å². The van der Waals surface area contributed by atoms with Gasteiger partial charge in [0.2, 0.25) is 5.91 Å². The zero-order chi connectivity index (χ0) is 13.4. The van der Waals surface area contributed by atoms with Gasteiger partial charge in [0.25, 0.3) is 0 Å². The lowest BCUT2D eigenvalue weighted by molar-refractivity contribution is -0.142. The van der Waals surface area contributed by atoms with Gasteiger partial charge in [-0.25, -0.2) is 5.01 Å². The Morgan fingerprint density at radius 1 is 1.05 bits per heavy atom. The van der Waals surface area contributed by atoms with Crippen LogP contribution in [-0.4, -0.2) is 73.1 Å². The number of carbonyl (C=O) groups is 1. The molecule has 3 aliphatic heterocycles. The van der Waals surface area contributed by atoms with E-state index in [4.69, 9.17) is 0 Å². The van der Waals surface area contributed by atoms with Crippen molar-refractivity contribution >= 4 is 5.91 Å². The molecule has 3 fully saturated rings. The van der Waals surface area contributed by atoms with Crippen LogP contribution in [-0.2, 0) is 4.79 Å². The summed E-state index contributed by atoms with van der Waals surface area (Å²) < 4.78 is 0. The first-order valence-electron chi connectivity index (χ1n) is 7.62. The molecule has 3 aliphatic rings. The molecule has 0 saturated carbocycles. The van der Waals surface area contributed by atoms with Gasteiger partial charge in [-0.3, -0.25) is 10.2 Å². The molecule has 0 radical (unpaired) electrons. The van der Waals surface area contributed by atoms with Gasteiger partial charge >= 0.3 is 0 Å². The van der Waals surface area contributed by atoms with Crippen molar-refractivity contribution in [2.75, 3.05) is 40.3 Å². The van der Waals surface area contributed by atoms with Crippen molar-refractivity contribution in [3.63, 3.8) is 0 Å². The minimum atomic E-state index is 0.260. The standard InChI is InChI=1S/C14H26N4O/c1-15-17-7-5-11(6-8-17)14(19)18-12-3-4-13(18)10-16(2)9-12/h11-13,15H,3-10H2,1-2H3. The maximum Gasteiger partial charge on any atom is 0.226 e. The number of rotatable bonds is 2. The lowest BCUT2D eigenvalue weighted by Crippen LogP contribution is -2.57. The molecule has 0 aliphatic carbocycles. The summed E-state index contributed by atoms with van der Waals surface area (Å²) in [5.74, 6) is 0.701. The van der Waals surface area contributed by atoms with Gasteiger partial charge < -0.3 is 9.80 Å². The Kier molecular flexibility index (Phi) is 3.78. The summed E-state index contributed by atoms with van der Waals surface area (Å²) >= 11 is 0. The van der Waals surface area contributed by atoms with Gasteiger partial charge in [0.05, 0.1) is 0 Å². The first-order valence-corrected chi connectivity index (χ1v) is 7.62. The molecular formula is C14H26N4O. The Bertz CT molecular complexity index is 326. The van der Waals surface area contributed by atoms with Crippen LogP contribution in [0.15, 0.2) is 0 Å². The molecule has 2 unspecified atom stereocenters. The van der Waals surface area contributed by atoms with E-state index in [1.54, 1.807) is 0 Å². The fourth-order valence-electron chi connectivity index (χ4n) is 4.03. The fourth-order valence-corrected chi connectivity index (χ4v) is 4.03. The van der Waals surface area contributed by atoms with Crippen molar-refractivity contribution in [2.45, 2.75) is 37.8 Å². The summed E-state index contributed by atoms with van der Waals surface area (Å²) in [4.78, 5) is 17.4. The quantitative estimate of drug-likeness (QED) is 0.771. The average molecular weight is 266 g/mol. The monoisotopic (exact) mass is 266 g/mol. The van der Waals surface area contributed by atoms with E-state index in [0.29, 0.717) is 18.0 Å². The maximum atomic E-state index is 12.8. The molecule has 0 aromatic carbocycles. The van der Waals surface area contributed by atoms with E-state index >= 15 is 0 Å². The van der Waals surface area contributed by atoms with E-state index in [1.807, 2.05) is 7.05 Å². The molecule has 5 nitrogen and oxygen atoms in total. The Balaban J connectivity index is 1.62. The SMILES string of the molecule is CNN1CCC(C(=O)N2C3CCC2CN(C)C3)CC1. The molecule has 19 heavy (non-hydrogen) atoms. The van der Waals surface area contributed by atoms with Crippen LogP contribution in [0.3, 0.4) is 0 Å². The number of nitrogens with one attached hydrogen (secondary N) is 1. The number of hydrazine groups is 1. The normalized spacial score (nSPS) is 33.9. The van der Waals surface area contributed by atoms with Gasteiger partial charge in [0, 0.05) is 44.2 Å². The molecule has 1 amide bonds. The number of likely N-dealkylation sites (tertiary alicyclic amines) is 1. The zero-order valence-electron chi connectivity index (χ0n) is 12.1. The van der Waals surface area contributed by atoms with Gasteiger partial charge in [0.1, 0.15) is 0 Å². The van der Waals surface area contributed by atoms with Gasteiger partial charge in [0.15, 0.2) is 0 Å². The molecule has 3 saturated heterocycles. The molecule has 3 rings (SSSR count). The maximum absolute atomic E-state index is 12.8. The summed E-state index contributed by atoms with van der Waals surface area (Å²) in [6.45, 7) is 4.13. The average Bonchev–Trinajstić information content (AvgIpc) is 2.70. The second kappa shape index (κ2) is 5.38. The number of hydrogen-bond donors (Lipinski definition) is 1. The van der Waals surface area contributed by atoms with E-state index in [0.717, 1.165) is 39.0 Å². The van der Waals surface area contributed by atoms with Crippen LogP contribution in [0, 0.1) is 5.92 Å². The summed E-state index contributed by atoms with van der Waals surface area (Å²) in [5, 5.41) is 2.21. The zero-order valence-corrected chi connectivity index (χ0v) is 12.1. The largest absolute Gasteiger partial charge is 0.334 e. The van der Waals surface area contributed by atoms with Crippen molar-refractivity contribution in [1.82, 2.24) is 20.2 Å². The molecule has 2 atom stereocenters. The van der Waals surface area contributed by atoms with Crippen LogP contribution < -0.4 is 5.43 Å². The van der Waals surface area contributed by atoms with E-state index in [1.165, 1.54) is 12.8 Å². The van der Waals surface area contributed by atoms with E-state index in [9.17, 15) is 4.79 Å². The predicted molar refractivity (Wildman–Crippen MR) is 74.5 cm³/mol. The number of nitrogens with zero attached hydrogens (tertiary/aromatic N) is 3. The Morgan fingerprint density at radius 2 is 1.63 bits per heavy atom. The number of amides is 1. The number of fused-ring (bicyclic) bond motifs is 2. The van der Waals surface area contributed by atoms with Crippen molar-refractivity contribution in [2.24, 2.45) is 5.92 Å². The smallest absolute Gasteiger partial charge is 0.226 e. The highest BCUT2D eigenvalue weighted by Gasteiger charge is 2.43. The molecule has 1 N–H and O–H groups in total. The van der Waals surface area contributed by atoms with E-state index < -0.39 is 0 Å². The first-order chi connectivity index (χ1) is 9.19. The van der Waals surface area contributed by atoms with Crippen molar-refractivity contribution in [1.29, 1.82) is 0 Å². The topological polar surface area (TPSA) is 38.8 Å². The minimum absolute atomic E-state index is 0.260. The lowest BCUT2D eigenvalue weighted by Gasteiger charge is -2.42. The van der Waals surface area contributed by atoms with Crippen LogP contribution in [0.2, 0.25) is 0 Å². The second-order valence-electron chi connectivity index (χ2n) is 6.34. The minimum Gasteiger partial charge on any atom is -0.334 e. The summed E-state index contributed by atoms with van der Waals surface area (Å²) in [6, 6.07) is 0.970. The van der Waals surface area contributed by atoms with Crippen LogP contribution in [0.4, 0.5) is 0 Å². The van der Waals surface area contributed by atoms with Gasteiger partial charge in [-0.2, -0.15) is 0 Å². The predicted octanol–water partition coefficient (Wildman–Crippen LogP) is 0.138. The third kappa shape index (κ3) is 2.51. The lowest BCUT2D eigenvalue weighted by atomic mass is 9.95. The third-order valence-electron chi connectivity index (χ3n) is 5.08. The highest BCUT2D eigenvalue weighted by molar-refractivity contribution is 5.80.